The van der Waals surface area contributed by atoms with Gasteiger partial charge in [-0.25, -0.2) is 8.42 Å². The van der Waals surface area contributed by atoms with Crippen LogP contribution in [0.15, 0.2) is 16.3 Å². The zero-order valence-electron chi connectivity index (χ0n) is 9.86. The molecule has 0 radical (unpaired) electrons. The van der Waals surface area contributed by atoms with Gasteiger partial charge in [0.15, 0.2) is 0 Å². The molecule has 0 saturated heterocycles. The second-order valence-electron chi connectivity index (χ2n) is 4.13. The van der Waals surface area contributed by atoms with Gasteiger partial charge in [-0.15, -0.1) is 17.8 Å². The Morgan fingerprint density at radius 2 is 2.18 bits per heavy atom. The lowest BCUT2D eigenvalue weighted by atomic mass is 10.1. The summed E-state index contributed by atoms with van der Waals surface area (Å²) in [5, 5.41) is 0. The first-order valence-corrected chi connectivity index (χ1v) is 7.41. The van der Waals surface area contributed by atoms with Crippen LogP contribution in [0.5, 0.6) is 0 Å². The van der Waals surface area contributed by atoms with E-state index < -0.39 is 15.6 Å². The molecule has 4 nitrogen and oxygen atoms in total. The van der Waals surface area contributed by atoms with Gasteiger partial charge in [-0.05, 0) is 38.9 Å². The topological polar surface area (TPSA) is 72.2 Å². The van der Waals surface area contributed by atoms with Crippen molar-refractivity contribution in [3.8, 4) is 12.3 Å². The molecule has 1 aromatic rings. The highest BCUT2D eigenvalue weighted by Crippen LogP contribution is 2.22. The molecule has 1 rings (SSSR count). The largest absolute Gasteiger partial charge is 0.330 e. The van der Waals surface area contributed by atoms with E-state index in [4.69, 9.17) is 12.2 Å². The number of terminal acetylenes is 1. The first kappa shape index (κ1) is 14.2. The van der Waals surface area contributed by atoms with Gasteiger partial charge in [-0.3, -0.25) is 0 Å². The molecule has 0 aliphatic carbocycles. The smallest absolute Gasteiger partial charge is 0.251 e. The number of sulfonamides is 1. The fraction of sp³-hybridized carbons (Fsp3) is 0.455. The minimum atomic E-state index is -3.54. The number of nitrogens with two attached hydrogens (primary N) is 1. The average molecular weight is 272 g/mol. The maximum absolute atomic E-state index is 12.0. The van der Waals surface area contributed by atoms with Gasteiger partial charge in [-0.2, -0.15) is 4.72 Å². The number of nitrogens with one attached hydrogen (secondary N) is 1. The van der Waals surface area contributed by atoms with Gasteiger partial charge < -0.3 is 5.73 Å². The van der Waals surface area contributed by atoms with Crippen molar-refractivity contribution in [2.75, 3.05) is 6.54 Å². The molecular formula is C11H16N2O2S2. The van der Waals surface area contributed by atoms with Crippen molar-refractivity contribution in [1.29, 1.82) is 0 Å². The maximum atomic E-state index is 12.0. The van der Waals surface area contributed by atoms with E-state index in [1.54, 1.807) is 26.0 Å². The van der Waals surface area contributed by atoms with Crippen LogP contribution in [0.3, 0.4) is 0 Å². The van der Waals surface area contributed by atoms with E-state index in [1.165, 1.54) is 11.3 Å². The van der Waals surface area contributed by atoms with Gasteiger partial charge in [0, 0.05) is 4.88 Å². The van der Waals surface area contributed by atoms with Crippen LogP contribution in [0.4, 0.5) is 0 Å². The summed E-state index contributed by atoms with van der Waals surface area (Å²) < 4.78 is 26.7. The SMILES string of the molecule is C#CC(C)(C)NS(=O)(=O)c1ccc(CCN)s1. The molecular weight excluding hydrogens is 256 g/mol. The van der Waals surface area contributed by atoms with E-state index in [2.05, 4.69) is 10.6 Å². The van der Waals surface area contributed by atoms with Crippen molar-refractivity contribution in [1.82, 2.24) is 4.72 Å². The van der Waals surface area contributed by atoms with Gasteiger partial charge in [0.25, 0.3) is 10.0 Å². The standard InChI is InChI=1S/C11H16N2O2S2/c1-4-11(2,3)13-17(14,15)10-6-5-9(16-10)7-8-12/h1,5-6,13H,7-8,12H2,2-3H3. The summed E-state index contributed by atoms with van der Waals surface area (Å²) in [5.41, 5.74) is 4.53. The van der Waals surface area contributed by atoms with Crippen molar-refractivity contribution in [3.05, 3.63) is 17.0 Å². The zero-order chi connectivity index (χ0) is 13.1. The summed E-state index contributed by atoms with van der Waals surface area (Å²) in [6.45, 7) is 3.78. The van der Waals surface area contributed by atoms with Gasteiger partial charge in [-0.1, -0.05) is 5.92 Å². The lowest BCUT2D eigenvalue weighted by molar-refractivity contribution is 0.541. The highest BCUT2D eigenvalue weighted by atomic mass is 32.2. The molecule has 1 aromatic heterocycles. The van der Waals surface area contributed by atoms with E-state index in [0.29, 0.717) is 13.0 Å². The third-order valence-electron chi connectivity index (χ3n) is 2.04. The molecule has 17 heavy (non-hydrogen) atoms. The highest BCUT2D eigenvalue weighted by Gasteiger charge is 2.25. The Morgan fingerprint density at radius 3 is 2.71 bits per heavy atom. The Balaban J connectivity index is 2.94. The van der Waals surface area contributed by atoms with Crippen molar-refractivity contribution < 1.29 is 8.42 Å². The summed E-state index contributed by atoms with van der Waals surface area (Å²) in [4.78, 5) is 0.950. The molecule has 0 aliphatic heterocycles. The monoisotopic (exact) mass is 272 g/mol. The Kier molecular flexibility index (Phi) is 4.33. The molecule has 0 unspecified atom stereocenters. The van der Waals surface area contributed by atoms with Crippen LogP contribution in [0.2, 0.25) is 0 Å². The molecule has 94 valence electrons. The lowest BCUT2D eigenvalue weighted by Gasteiger charge is -2.18. The van der Waals surface area contributed by atoms with Crippen LogP contribution in [0.25, 0.3) is 0 Å². The van der Waals surface area contributed by atoms with Crippen molar-refractivity contribution in [2.24, 2.45) is 5.73 Å². The highest BCUT2D eigenvalue weighted by molar-refractivity contribution is 7.91. The Bertz CT molecular complexity index is 524. The fourth-order valence-corrected chi connectivity index (χ4v) is 3.91. The third kappa shape index (κ3) is 3.82. The molecule has 0 aliphatic rings. The van der Waals surface area contributed by atoms with Gasteiger partial charge in [0.1, 0.15) is 4.21 Å². The zero-order valence-corrected chi connectivity index (χ0v) is 11.5. The number of hydrogen-bond acceptors (Lipinski definition) is 4. The summed E-state index contributed by atoms with van der Waals surface area (Å²) in [6.07, 6.45) is 5.93. The molecule has 0 bridgehead atoms. The quantitative estimate of drug-likeness (QED) is 0.784. The molecule has 0 spiro atoms. The van der Waals surface area contributed by atoms with Crippen LogP contribution >= 0.6 is 11.3 Å². The Morgan fingerprint density at radius 1 is 1.53 bits per heavy atom. The van der Waals surface area contributed by atoms with Crippen molar-refractivity contribution >= 4 is 21.4 Å². The van der Waals surface area contributed by atoms with Gasteiger partial charge in [0.2, 0.25) is 0 Å². The summed E-state index contributed by atoms with van der Waals surface area (Å²) in [6, 6.07) is 3.35. The summed E-state index contributed by atoms with van der Waals surface area (Å²) in [7, 11) is -3.54. The minimum Gasteiger partial charge on any atom is -0.330 e. The molecule has 0 aromatic carbocycles. The Hall–Kier alpha value is -0.870. The molecule has 0 amide bonds. The maximum Gasteiger partial charge on any atom is 0.251 e. The van der Waals surface area contributed by atoms with E-state index in [0.717, 1.165) is 4.88 Å². The van der Waals surface area contributed by atoms with E-state index in [1.807, 2.05) is 0 Å². The average Bonchev–Trinajstić information content (AvgIpc) is 2.66. The minimum absolute atomic E-state index is 0.268. The van der Waals surface area contributed by atoms with Crippen LogP contribution in [0.1, 0.15) is 18.7 Å². The molecule has 0 atom stereocenters. The van der Waals surface area contributed by atoms with Crippen molar-refractivity contribution in [2.45, 2.75) is 30.0 Å². The second kappa shape index (κ2) is 5.19. The van der Waals surface area contributed by atoms with Gasteiger partial charge in [0.05, 0.1) is 5.54 Å². The molecule has 6 heteroatoms. The second-order valence-corrected chi connectivity index (χ2v) is 7.21. The first-order chi connectivity index (χ1) is 7.80. The normalized spacial score (nSPS) is 12.4. The summed E-state index contributed by atoms with van der Waals surface area (Å²) >= 11 is 1.22. The Labute approximate surface area is 106 Å². The molecule has 1 heterocycles. The number of hydrogen-bond donors (Lipinski definition) is 2. The van der Waals surface area contributed by atoms with Crippen molar-refractivity contribution in [3.63, 3.8) is 0 Å². The third-order valence-corrected chi connectivity index (χ3v) is 5.34. The fourth-order valence-electron chi connectivity index (χ4n) is 1.19. The van der Waals surface area contributed by atoms with Crippen LogP contribution in [-0.4, -0.2) is 20.5 Å². The van der Waals surface area contributed by atoms with E-state index in [-0.39, 0.29) is 4.21 Å². The lowest BCUT2D eigenvalue weighted by Crippen LogP contribution is -2.41. The predicted octanol–water partition coefficient (Wildman–Crippen LogP) is 0.939. The van der Waals surface area contributed by atoms with E-state index >= 15 is 0 Å². The predicted molar refractivity (Wildman–Crippen MR) is 70.3 cm³/mol. The summed E-state index contributed by atoms with van der Waals surface area (Å²) in [5.74, 6) is 2.39. The molecule has 0 fully saturated rings. The van der Waals surface area contributed by atoms with Crippen LogP contribution in [-0.2, 0) is 16.4 Å². The number of rotatable bonds is 5. The van der Waals surface area contributed by atoms with Crippen LogP contribution < -0.4 is 10.5 Å². The first-order valence-electron chi connectivity index (χ1n) is 5.11. The van der Waals surface area contributed by atoms with E-state index in [9.17, 15) is 8.42 Å². The molecule has 0 saturated carbocycles. The molecule has 3 N–H and O–H groups in total. The van der Waals surface area contributed by atoms with Crippen LogP contribution in [0, 0.1) is 12.3 Å². The van der Waals surface area contributed by atoms with Gasteiger partial charge >= 0.3 is 0 Å². The number of thiophene rings is 1.